The summed E-state index contributed by atoms with van der Waals surface area (Å²) < 4.78 is 3.68. The van der Waals surface area contributed by atoms with Crippen LogP contribution in [0.3, 0.4) is 0 Å². The predicted octanol–water partition coefficient (Wildman–Crippen LogP) is 3.30. The van der Waals surface area contributed by atoms with Crippen LogP contribution in [0.25, 0.3) is 11.5 Å². The summed E-state index contributed by atoms with van der Waals surface area (Å²) >= 11 is 0. The largest absolute Gasteiger partial charge is 0.378 e. The zero-order valence-electron chi connectivity index (χ0n) is 20.2. The van der Waals surface area contributed by atoms with Gasteiger partial charge < -0.3 is 5.11 Å². The van der Waals surface area contributed by atoms with E-state index >= 15 is 0 Å². The number of rotatable bonds is 8. The summed E-state index contributed by atoms with van der Waals surface area (Å²) in [5, 5.41) is 28.8. The SMILES string of the molecule is CCc1nnc2ccc(-n3nc(C)c(CCC(O)N4CCC(Cc5ccccc5)C4)c3C)nn12. The van der Waals surface area contributed by atoms with Gasteiger partial charge in [0, 0.05) is 25.2 Å². The third-order valence-electron chi connectivity index (χ3n) is 7.05. The van der Waals surface area contributed by atoms with Crippen LogP contribution in [0, 0.1) is 19.8 Å². The van der Waals surface area contributed by atoms with Gasteiger partial charge in [-0.1, -0.05) is 37.3 Å². The Balaban J connectivity index is 1.24. The zero-order chi connectivity index (χ0) is 23.7. The lowest BCUT2D eigenvalue weighted by atomic mass is 9.99. The number of benzene rings is 1. The quantitative estimate of drug-likeness (QED) is 0.435. The van der Waals surface area contributed by atoms with Gasteiger partial charge >= 0.3 is 0 Å². The van der Waals surface area contributed by atoms with Crippen LogP contribution < -0.4 is 0 Å². The molecule has 34 heavy (non-hydrogen) atoms. The molecular weight excluding hydrogens is 426 g/mol. The number of fused-ring (bicyclic) bond motifs is 1. The second-order valence-corrected chi connectivity index (χ2v) is 9.35. The molecule has 178 valence electrons. The Morgan fingerprint density at radius 2 is 1.88 bits per heavy atom. The molecule has 2 unspecified atom stereocenters. The van der Waals surface area contributed by atoms with Gasteiger partial charge in [0.15, 0.2) is 17.3 Å². The second-order valence-electron chi connectivity index (χ2n) is 9.35. The Kier molecular flexibility index (Phi) is 6.43. The fraction of sp³-hybridized carbons (Fsp3) is 0.462. The van der Waals surface area contributed by atoms with E-state index in [0.29, 0.717) is 12.3 Å². The first-order valence-electron chi connectivity index (χ1n) is 12.3. The van der Waals surface area contributed by atoms with E-state index in [1.807, 2.05) is 30.7 Å². The van der Waals surface area contributed by atoms with Crippen LogP contribution in [0.2, 0.25) is 0 Å². The molecule has 1 fully saturated rings. The number of aryl methyl sites for hydroxylation is 2. The minimum absolute atomic E-state index is 0.429. The number of aliphatic hydroxyl groups excluding tert-OH is 1. The first kappa shape index (κ1) is 22.7. The molecular formula is C26H33N7O. The van der Waals surface area contributed by atoms with Gasteiger partial charge in [0.25, 0.3) is 0 Å². The zero-order valence-corrected chi connectivity index (χ0v) is 20.2. The third kappa shape index (κ3) is 4.48. The highest BCUT2D eigenvalue weighted by atomic mass is 16.3. The van der Waals surface area contributed by atoms with Crippen molar-refractivity contribution in [2.45, 2.75) is 59.1 Å². The van der Waals surface area contributed by atoms with Gasteiger partial charge in [0.05, 0.1) is 5.69 Å². The molecule has 1 aromatic carbocycles. The molecule has 0 amide bonds. The highest BCUT2D eigenvalue weighted by Gasteiger charge is 2.27. The minimum atomic E-state index is -0.429. The molecule has 0 bridgehead atoms. The number of nitrogens with zero attached hydrogens (tertiary/aromatic N) is 7. The standard InChI is InChI=1S/C26H33N7O/c1-4-23-27-28-24-11-12-25(30-33(23)24)32-19(3)22(18(2)29-32)10-13-26(34)31-15-14-21(17-31)16-20-8-6-5-7-9-20/h5-9,11-12,21,26,34H,4,10,13-17H2,1-3H3. The fourth-order valence-electron chi connectivity index (χ4n) is 5.12. The van der Waals surface area contributed by atoms with Gasteiger partial charge in [-0.15, -0.1) is 15.3 Å². The maximum absolute atomic E-state index is 10.9. The summed E-state index contributed by atoms with van der Waals surface area (Å²) in [5.74, 6) is 2.19. The average molecular weight is 460 g/mol. The summed E-state index contributed by atoms with van der Waals surface area (Å²) in [6.07, 6.45) is 4.04. The van der Waals surface area contributed by atoms with Gasteiger partial charge in [-0.3, -0.25) is 4.90 Å². The van der Waals surface area contributed by atoms with Crippen molar-refractivity contribution in [1.82, 2.24) is 34.5 Å². The lowest BCUT2D eigenvalue weighted by Gasteiger charge is -2.23. The molecule has 0 spiro atoms. The molecule has 8 heteroatoms. The van der Waals surface area contributed by atoms with Crippen molar-refractivity contribution in [2.75, 3.05) is 13.1 Å². The molecule has 3 aromatic heterocycles. The maximum Gasteiger partial charge on any atom is 0.178 e. The number of aromatic nitrogens is 6. The van der Waals surface area contributed by atoms with Crippen LogP contribution in [0.1, 0.15) is 48.1 Å². The molecule has 1 saturated heterocycles. The second kappa shape index (κ2) is 9.64. The first-order valence-corrected chi connectivity index (χ1v) is 12.3. The van der Waals surface area contributed by atoms with Crippen molar-refractivity contribution in [1.29, 1.82) is 0 Å². The van der Waals surface area contributed by atoms with Crippen LogP contribution >= 0.6 is 0 Å². The van der Waals surface area contributed by atoms with E-state index in [2.05, 4.69) is 52.4 Å². The molecule has 1 aliphatic heterocycles. The van der Waals surface area contributed by atoms with Crippen LogP contribution in [-0.4, -0.2) is 58.9 Å². The number of hydrogen-bond donors (Lipinski definition) is 1. The van der Waals surface area contributed by atoms with Crippen LogP contribution in [0.5, 0.6) is 0 Å². The van der Waals surface area contributed by atoms with Crippen molar-refractivity contribution in [2.24, 2.45) is 5.92 Å². The van der Waals surface area contributed by atoms with E-state index in [9.17, 15) is 5.11 Å². The Morgan fingerprint density at radius 3 is 2.68 bits per heavy atom. The van der Waals surface area contributed by atoms with Crippen LogP contribution in [0.15, 0.2) is 42.5 Å². The topological polar surface area (TPSA) is 84.4 Å². The minimum Gasteiger partial charge on any atom is -0.378 e. The van der Waals surface area contributed by atoms with Crippen molar-refractivity contribution in [3.8, 4) is 5.82 Å². The molecule has 4 aromatic rings. The molecule has 0 aliphatic carbocycles. The van der Waals surface area contributed by atoms with E-state index in [-0.39, 0.29) is 0 Å². The van der Waals surface area contributed by atoms with E-state index in [4.69, 9.17) is 10.2 Å². The first-order chi connectivity index (χ1) is 16.5. The molecule has 4 heterocycles. The Bertz CT molecular complexity index is 1260. The van der Waals surface area contributed by atoms with Crippen molar-refractivity contribution >= 4 is 5.65 Å². The lowest BCUT2D eigenvalue weighted by Crippen LogP contribution is -2.33. The highest BCUT2D eigenvalue weighted by molar-refractivity contribution is 5.41. The Labute approximate surface area is 200 Å². The molecule has 5 rings (SSSR count). The van der Waals surface area contributed by atoms with E-state index < -0.39 is 6.23 Å². The average Bonchev–Trinajstić information content (AvgIpc) is 3.55. The molecule has 2 atom stereocenters. The van der Waals surface area contributed by atoms with Gasteiger partial charge in [-0.2, -0.15) is 9.61 Å². The summed E-state index contributed by atoms with van der Waals surface area (Å²) in [5.41, 5.74) is 5.34. The molecule has 8 nitrogen and oxygen atoms in total. The maximum atomic E-state index is 10.9. The van der Waals surface area contributed by atoms with Crippen LogP contribution in [0.4, 0.5) is 0 Å². The number of aliphatic hydroxyl groups is 1. The fourth-order valence-corrected chi connectivity index (χ4v) is 5.12. The van der Waals surface area contributed by atoms with Crippen molar-refractivity contribution in [3.63, 3.8) is 0 Å². The van der Waals surface area contributed by atoms with E-state index in [1.54, 1.807) is 4.52 Å². The van der Waals surface area contributed by atoms with Crippen molar-refractivity contribution < 1.29 is 5.11 Å². The molecule has 0 saturated carbocycles. The smallest absolute Gasteiger partial charge is 0.178 e. The van der Waals surface area contributed by atoms with Crippen molar-refractivity contribution in [3.05, 3.63) is 70.8 Å². The number of hydrogen-bond acceptors (Lipinski definition) is 6. The van der Waals surface area contributed by atoms with E-state index in [0.717, 1.165) is 67.5 Å². The summed E-state index contributed by atoms with van der Waals surface area (Å²) in [7, 11) is 0. The molecule has 1 aliphatic rings. The summed E-state index contributed by atoms with van der Waals surface area (Å²) in [4.78, 5) is 2.23. The Hall–Kier alpha value is -3.10. The Morgan fingerprint density at radius 1 is 1.06 bits per heavy atom. The van der Waals surface area contributed by atoms with E-state index in [1.165, 1.54) is 11.1 Å². The molecule has 0 radical (unpaired) electrons. The monoisotopic (exact) mass is 459 g/mol. The number of likely N-dealkylation sites (tertiary alicyclic amines) is 1. The van der Waals surface area contributed by atoms with Gasteiger partial charge in [-0.05, 0) is 68.7 Å². The third-order valence-corrected chi connectivity index (χ3v) is 7.05. The van der Waals surface area contributed by atoms with Gasteiger partial charge in [0.1, 0.15) is 6.23 Å². The van der Waals surface area contributed by atoms with Crippen LogP contribution in [-0.2, 0) is 19.3 Å². The van der Waals surface area contributed by atoms with Gasteiger partial charge in [-0.25, -0.2) is 4.68 Å². The van der Waals surface area contributed by atoms with Gasteiger partial charge in [0.2, 0.25) is 0 Å². The summed E-state index contributed by atoms with van der Waals surface area (Å²) in [6, 6.07) is 14.5. The molecule has 1 N–H and O–H groups in total. The predicted molar refractivity (Wildman–Crippen MR) is 131 cm³/mol. The summed E-state index contributed by atoms with van der Waals surface area (Å²) in [6.45, 7) is 8.06. The normalized spacial score (nSPS) is 17.6. The highest BCUT2D eigenvalue weighted by Crippen LogP contribution is 2.25. The lowest BCUT2D eigenvalue weighted by molar-refractivity contribution is 0.0118.